The zero-order valence-electron chi connectivity index (χ0n) is 15.8. The molecule has 0 fully saturated rings. The van der Waals surface area contributed by atoms with Crippen molar-refractivity contribution in [2.24, 2.45) is 0 Å². The molecular formula is C20H40O3. The van der Waals surface area contributed by atoms with Crippen molar-refractivity contribution in [3.63, 3.8) is 0 Å². The molecule has 23 heavy (non-hydrogen) atoms. The lowest BCUT2D eigenvalue weighted by Crippen LogP contribution is -1.87. The summed E-state index contributed by atoms with van der Waals surface area (Å²) < 4.78 is 4.90. The Morgan fingerprint density at radius 1 is 0.609 bits per heavy atom. The van der Waals surface area contributed by atoms with Gasteiger partial charge in [-0.25, -0.2) is 0 Å². The van der Waals surface area contributed by atoms with Gasteiger partial charge in [0.1, 0.15) is 0 Å². The molecule has 0 aliphatic rings. The summed E-state index contributed by atoms with van der Waals surface area (Å²) in [7, 11) is 0. The molecule has 138 valence electrons. The Balaban J connectivity index is -0.0000000396. The molecule has 0 spiro atoms. The van der Waals surface area contributed by atoms with Gasteiger partial charge in [-0.05, 0) is 27.7 Å². The summed E-state index contributed by atoms with van der Waals surface area (Å²) in [5.41, 5.74) is 0. The van der Waals surface area contributed by atoms with E-state index in [1.54, 1.807) is 36.5 Å². The Kier molecular flexibility index (Phi) is 142. The minimum absolute atomic E-state index is 0.125. The Hall–Kier alpha value is -1.68. The van der Waals surface area contributed by atoms with Crippen LogP contribution in [0.2, 0.25) is 0 Å². The number of rotatable bonds is 5. The molecule has 0 unspecified atom stereocenters. The molecule has 0 atom stereocenters. The molecule has 0 saturated heterocycles. The predicted octanol–water partition coefficient (Wildman–Crippen LogP) is 5.12. The van der Waals surface area contributed by atoms with E-state index < -0.39 is 0 Å². The van der Waals surface area contributed by atoms with Gasteiger partial charge in [-0.3, -0.25) is 0 Å². The van der Waals surface area contributed by atoms with Crippen LogP contribution in [0.15, 0.2) is 75.9 Å². The number of allylic oxidation sites excluding steroid dienone is 4. The van der Waals surface area contributed by atoms with Crippen LogP contribution in [-0.4, -0.2) is 36.6 Å². The van der Waals surface area contributed by atoms with Crippen LogP contribution in [0.5, 0.6) is 0 Å². The van der Waals surface area contributed by atoms with E-state index in [0.29, 0.717) is 13.2 Å². The van der Waals surface area contributed by atoms with Crippen LogP contribution >= 0.6 is 0 Å². The quantitative estimate of drug-likeness (QED) is 0.544. The van der Waals surface area contributed by atoms with Crippen molar-refractivity contribution in [2.45, 2.75) is 27.7 Å². The Bertz CT molecular complexity index is 175. The lowest BCUT2D eigenvalue weighted by Gasteiger charge is -1.89. The number of aliphatic hydroxyl groups is 2. The molecule has 0 radical (unpaired) electrons. The lowest BCUT2D eigenvalue weighted by atomic mass is 10.6. The Morgan fingerprint density at radius 2 is 0.783 bits per heavy atom. The van der Waals surface area contributed by atoms with Crippen LogP contribution < -0.4 is 0 Å². The first-order valence-corrected chi connectivity index (χ1v) is 7.29. The molecule has 0 aromatic rings. The van der Waals surface area contributed by atoms with E-state index in [-0.39, 0.29) is 13.2 Å². The van der Waals surface area contributed by atoms with Gasteiger partial charge in [0, 0.05) is 0 Å². The van der Waals surface area contributed by atoms with Crippen LogP contribution in [0.3, 0.4) is 0 Å². The van der Waals surface area contributed by atoms with Crippen molar-refractivity contribution in [1.29, 1.82) is 0 Å². The van der Waals surface area contributed by atoms with Crippen molar-refractivity contribution in [2.75, 3.05) is 26.4 Å². The molecule has 0 bridgehead atoms. The number of hydrogen-bond acceptors (Lipinski definition) is 3. The fraction of sp³-hybridized carbons (Fsp3) is 0.400. The third kappa shape index (κ3) is 619. The maximum absolute atomic E-state index is 7.62. The van der Waals surface area contributed by atoms with Crippen LogP contribution in [0.25, 0.3) is 0 Å². The first kappa shape index (κ1) is 37.5. The summed E-state index contributed by atoms with van der Waals surface area (Å²) in [5, 5.41) is 15.2. The highest BCUT2D eigenvalue weighted by Gasteiger charge is 1.70. The van der Waals surface area contributed by atoms with Crippen molar-refractivity contribution in [3.8, 4) is 0 Å². The monoisotopic (exact) mass is 328 g/mol. The zero-order chi connectivity index (χ0) is 19.8. The minimum atomic E-state index is -0.125. The van der Waals surface area contributed by atoms with Gasteiger partial charge >= 0.3 is 0 Å². The highest BCUT2D eigenvalue weighted by Crippen LogP contribution is 1.72. The predicted molar refractivity (Wildman–Crippen MR) is 109 cm³/mol. The summed E-state index contributed by atoms with van der Waals surface area (Å²) in [6.45, 7) is 28.9. The topological polar surface area (TPSA) is 49.7 Å². The van der Waals surface area contributed by atoms with Gasteiger partial charge in [-0.1, -0.05) is 36.5 Å². The molecule has 0 aromatic carbocycles. The van der Waals surface area contributed by atoms with Crippen LogP contribution in [0.1, 0.15) is 27.7 Å². The minimum Gasteiger partial charge on any atom is -0.394 e. The fourth-order valence-corrected chi connectivity index (χ4v) is 0.235. The average molecular weight is 329 g/mol. The second-order valence-corrected chi connectivity index (χ2v) is 3.20. The van der Waals surface area contributed by atoms with E-state index in [1.165, 1.54) is 0 Å². The van der Waals surface area contributed by atoms with Gasteiger partial charge < -0.3 is 14.9 Å². The lowest BCUT2D eigenvalue weighted by molar-refractivity contribution is 0.186. The first-order chi connectivity index (χ1) is 11.0. The van der Waals surface area contributed by atoms with Gasteiger partial charge in [0.25, 0.3) is 0 Å². The van der Waals surface area contributed by atoms with Crippen LogP contribution in [0, 0.1) is 0 Å². The summed E-state index contributed by atoms with van der Waals surface area (Å²) in [6.07, 6.45) is 10.4. The summed E-state index contributed by atoms with van der Waals surface area (Å²) in [6, 6.07) is 0. The van der Waals surface area contributed by atoms with Crippen LogP contribution in [0.4, 0.5) is 0 Å². The SMILES string of the molecule is C=CC.C=CC.C=CC.C=CC.C=CCOCC=C.OCCO. The summed E-state index contributed by atoms with van der Waals surface area (Å²) in [5.74, 6) is 0. The normalized spacial score (nSPS) is 6.00. The first-order valence-electron chi connectivity index (χ1n) is 7.29. The maximum atomic E-state index is 7.62. The van der Waals surface area contributed by atoms with Gasteiger partial charge in [0.2, 0.25) is 0 Å². The Labute approximate surface area is 145 Å². The van der Waals surface area contributed by atoms with E-state index in [1.807, 2.05) is 27.7 Å². The highest BCUT2D eigenvalue weighted by atomic mass is 16.5. The Morgan fingerprint density at radius 3 is 0.870 bits per heavy atom. The number of aliphatic hydroxyl groups excluding tert-OH is 2. The van der Waals surface area contributed by atoms with E-state index in [2.05, 4.69) is 39.5 Å². The van der Waals surface area contributed by atoms with Crippen molar-refractivity contribution < 1.29 is 14.9 Å². The van der Waals surface area contributed by atoms with Gasteiger partial charge in [0.15, 0.2) is 0 Å². The van der Waals surface area contributed by atoms with Gasteiger partial charge in [0.05, 0.1) is 26.4 Å². The standard InChI is InChI=1S/C6H10O.4C3H6.C2H6O2/c1-3-5-7-6-4-2;4*1-3-2;3-1-2-4/h3-4H,1-2,5-6H2;4*3H,1H2,2H3;3-4H,1-2H2. The molecule has 0 aromatic heterocycles. The molecular weight excluding hydrogens is 288 g/mol. The van der Waals surface area contributed by atoms with E-state index >= 15 is 0 Å². The van der Waals surface area contributed by atoms with E-state index in [4.69, 9.17) is 14.9 Å². The fourth-order valence-electron chi connectivity index (χ4n) is 0.235. The van der Waals surface area contributed by atoms with Crippen molar-refractivity contribution in [1.82, 2.24) is 0 Å². The average Bonchev–Trinajstić information content (AvgIpc) is 2.51. The third-order valence-electron chi connectivity index (χ3n) is 0.571. The van der Waals surface area contributed by atoms with Gasteiger partial charge in [-0.2, -0.15) is 0 Å². The third-order valence-corrected chi connectivity index (χ3v) is 0.571. The number of hydrogen-bond donors (Lipinski definition) is 2. The molecule has 0 aliphatic carbocycles. The second kappa shape index (κ2) is 87.3. The van der Waals surface area contributed by atoms with Crippen molar-refractivity contribution in [3.05, 3.63) is 75.9 Å². The highest BCUT2D eigenvalue weighted by molar-refractivity contribution is 4.68. The molecule has 2 N–H and O–H groups in total. The molecule has 0 rings (SSSR count). The van der Waals surface area contributed by atoms with E-state index in [9.17, 15) is 0 Å². The smallest absolute Gasteiger partial charge is 0.0662 e. The molecule has 3 heteroatoms. The van der Waals surface area contributed by atoms with Gasteiger partial charge in [-0.15, -0.1) is 39.5 Å². The molecule has 0 aliphatic heterocycles. The number of ether oxygens (including phenoxy) is 1. The van der Waals surface area contributed by atoms with E-state index in [0.717, 1.165) is 0 Å². The largest absolute Gasteiger partial charge is 0.394 e. The molecule has 0 saturated carbocycles. The summed E-state index contributed by atoms with van der Waals surface area (Å²) >= 11 is 0. The molecule has 0 heterocycles. The van der Waals surface area contributed by atoms with Crippen LogP contribution in [-0.2, 0) is 4.74 Å². The maximum Gasteiger partial charge on any atom is 0.0662 e. The second-order valence-electron chi connectivity index (χ2n) is 3.20. The molecule has 0 amide bonds. The summed E-state index contributed by atoms with van der Waals surface area (Å²) in [4.78, 5) is 0. The molecule has 3 nitrogen and oxygen atoms in total. The van der Waals surface area contributed by atoms with Crippen molar-refractivity contribution >= 4 is 0 Å². The zero-order valence-corrected chi connectivity index (χ0v) is 15.8.